The van der Waals surface area contributed by atoms with Gasteiger partial charge in [-0.2, -0.15) is 0 Å². The fourth-order valence-corrected chi connectivity index (χ4v) is 1.78. The first-order chi connectivity index (χ1) is 9.22. The fraction of sp³-hybridized carbons (Fsp3) is 0.600. The molecule has 1 N–H and O–H groups in total. The Morgan fingerprint density at radius 2 is 1.68 bits per heavy atom. The van der Waals surface area contributed by atoms with E-state index in [1.54, 1.807) is 0 Å². The van der Waals surface area contributed by atoms with E-state index in [2.05, 4.69) is 0 Å². The van der Waals surface area contributed by atoms with E-state index in [9.17, 15) is 5.11 Å². The SMILES string of the molecule is CCOCCC(O)c1ccc(OCC)c(OCC)c1. The van der Waals surface area contributed by atoms with Crippen molar-refractivity contribution in [2.24, 2.45) is 0 Å². The highest BCUT2D eigenvalue weighted by Crippen LogP contribution is 2.31. The molecule has 1 atom stereocenters. The highest BCUT2D eigenvalue weighted by Gasteiger charge is 2.12. The number of hydrogen-bond donors (Lipinski definition) is 1. The van der Waals surface area contributed by atoms with Gasteiger partial charge in [0.25, 0.3) is 0 Å². The van der Waals surface area contributed by atoms with Crippen molar-refractivity contribution in [2.75, 3.05) is 26.4 Å². The highest BCUT2D eigenvalue weighted by molar-refractivity contribution is 5.43. The van der Waals surface area contributed by atoms with Gasteiger partial charge in [-0.15, -0.1) is 0 Å². The molecule has 0 heterocycles. The molecule has 0 aliphatic carbocycles. The van der Waals surface area contributed by atoms with Crippen molar-refractivity contribution < 1.29 is 19.3 Å². The smallest absolute Gasteiger partial charge is 0.161 e. The summed E-state index contributed by atoms with van der Waals surface area (Å²) < 4.78 is 16.3. The summed E-state index contributed by atoms with van der Waals surface area (Å²) in [6.45, 7) is 8.17. The molecule has 1 aromatic carbocycles. The first kappa shape index (κ1) is 15.8. The van der Waals surface area contributed by atoms with Gasteiger partial charge in [-0.05, 0) is 38.5 Å². The lowest BCUT2D eigenvalue weighted by atomic mass is 10.1. The van der Waals surface area contributed by atoms with Gasteiger partial charge in [-0.1, -0.05) is 6.07 Å². The van der Waals surface area contributed by atoms with Crippen LogP contribution in [0.25, 0.3) is 0 Å². The maximum atomic E-state index is 10.1. The van der Waals surface area contributed by atoms with Gasteiger partial charge in [0.15, 0.2) is 11.5 Å². The van der Waals surface area contributed by atoms with E-state index in [1.807, 2.05) is 39.0 Å². The largest absolute Gasteiger partial charge is 0.490 e. The van der Waals surface area contributed by atoms with Crippen molar-refractivity contribution in [3.05, 3.63) is 23.8 Å². The van der Waals surface area contributed by atoms with Crippen LogP contribution in [0.3, 0.4) is 0 Å². The van der Waals surface area contributed by atoms with Gasteiger partial charge < -0.3 is 19.3 Å². The molecule has 4 nitrogen and oxygen atoms in total. The summed E-state index contributed by atoms with van der Waals surface area (Å²) in [5.74, 6) is 1.39. The Morgan fingerprint density at radius 1 is 1.00 bits per heavy atom. The molecule has 0 amide bonds. The zero-order chi connectivity index (χ0) is 14.1. The number of aliphatic hydroxyl groups is 1. The molecule has 0 aliphatic heterocycles. The summed E-state index contributed by atoms with van der Waals surface area (Å²) in [6.07, 6.45) is 0.0364. The predicted molar refractivity (Wildman–Crippen MR) is 74.8 cm³/mol. The van der Waals surface area contributed by atoms with Gasteiger partial charge in [0, 0.05) is 19.6 Å². The van der Waals surface area contributed by atoms with Crippen LogP contribution in [0.15, 0.2) is 18.2 Å². The van der Waals surface area contributed by atoms with Crippen LogP contribution in [0, 0.1) is 0 Å². The van der Waals surface area contributed by atoms with E-state index in [0.717, 1.165) is 5.56 Å². The minimum atomic E-state index is -0.540. The Kier molecular flexibility index (Phi) is 7.30. The van der Waals surface area contributed by atoms with Crippen LogP contribution < -0.4 is 9.47 Å². The van der Waals surface area contributed by atoms with Gasteiger partial charge in [0.1, 0.15) is 0 Å². The second-order valence-electron chi connectivity index (χ2n) is 4.07. The Balaban J connectivity index is 2.75. The molecule has 0 saturated carbocycles. The molecule has 4 heteroatoms. The second-order valence-corrected chi connectivity index (χ2v) is 4.07. The number of rotatable bonds is 9. The van der Waals surface area contributed by atoms with Gasteiger partial charge in [0.05, 0.1) is 19.3 Å². The molecule has 0 fully saturated rings. The number of hydrogen-bond acceptors (Lipinski definition) is 4. The summed E-state index contributed by atoms with van der Waals surface area (Å²) >= 11 is 0. The Bertz CT molecular complexity index is 365. The van der Waals surface area contributed by atoms with Crippen molar-refractivity contribution >= 4 is 0 Å². The van der Waals surface area contributed by atoms with E-state index in [0.29, 0.717) is 44.3 Å². The summed E-state index contributed by atoms with van der Waals surface area (Å²) in [5.41, 5.74) is 0.826. The topological polar surface area (TPSA) is 47.9 Å². The van der Waals surface area contributed by atoms with E-state index < -0.39 is 6.10 Å². The molecule has 1 rings (SSSR count). The van der Waals surface area contributed by atoms with E-state index in [4.69, 9.17) is 14.2 Å². The number of aliphatic hydroxyl groups excluding tert-OH is 1. The van der Waals surface area contributed by atoms with Crippen molar-refractivity contribution in [2.45, 2.75) is 33.3 Å². The molecule has 0 bridgehead atoms. The van der Waals surface area contributed by atoms with Crippen molar-refractivity contribution in [1.82, 2.24) is 0 Å². The zero-order valence-corrected chi connectivity index (χ0v) is 12.0. The molecule has 1 aromatic rings. The lowest BCUT2D eigenvalue weighted by Gasteiger charge is -2.15. The Hall–Kier alpha value is -1.26. The third-order valence-corrected chi connectivity index (χ3v) is 2.69. The highest BCUT2D eigenvalue weighted by atomic mass is 16.5. The summed E-state index contributed by atoms with van der Waals surface area (Å²) in [7, 11) is 0. The molecular weight excluding hydrogens is 244 g/mol. The van der Waals surface area contributed by atoms with E-state index in [1.165, 1.54) is 0 Å². The van der Waals surface area contributed by atoms with Crippen LogP contribution in [0.5, 0.6) is 11.5 Å². The van der Waals surface area contributed by atoms with Crippen molar-refractivity contribution in [3.8, 4) is 11.5 Å². The van der Waals surface area contributed by atoms with Crippen LogP contribution in [0.1, 0.15) is 38.9 Å². The van der Waals surface area contributed by atoms with Crippen LogP contribution >= 0.6 is 0 Å². The lowest BCUT2D eigenvalue weighted by molar-refractivity contribution is 0.0884. The van der Waals surface area contributed by atoms with E-state index >= 15 is 0 Å². The predicted octanol–water partition coefficient (Wildman–Crippen LogP) is 2.94. The Morgan fingerprint density at radius 3 is 2.32 bits per heavy atom. The van der Waals surface area contributed by atoms with Crippen LogP contribution in [-0.2, 0) is 4.74 Å². The van der Waals surface area contributed by atoms with Crippen LogP contribution in [0.2, 0.25) is 0 Å². The van der Waals surface area contributed by atoms with Crippen LogP contribution in [0.4, 0.5) is 0 Å². The molecule has 0 spiro atoms. The van der Waals surface area contributed by atoms with Gasteiger partial charge in [-0.3, -0.25) is 0 Å². The summed E-state index contributed by atoms with van der Waals surface area (Å²) in [4.78, 5) is 0. The van der Waals surface area contributed by atoms with Gasteiger partial charge in [0.2, 0.25) is 0 Å². The average molecular weight is 268 g/mol. The maximum absolute atomic E-state index is 10.1. The quantitative estimate of drug-likeness (QED) is 0.699. The average Bonchev–Trinajstić information content (AvgIpc) is 2.41. The molecule has 108 valence electrons. The minimum Gasteiger partial charge on any atom is -0.490 e. The molecular formula is C15H24O4. The van der Waals surface area contributed by atoms with Crippen molar-refractivity contribution in [1.29, 1.82) is 0 Å². The first-order valence-electron chi connectivity index (χ1n) is 6.88. The normalized spacial score (nSPS) is 12.2. The van der Waals surface area contributed by atoms with Crippen LogP contribution in [-0.4, -0.2) is 31.5 Å². The monoisotopic (exact) mass is 268 g/mol. The zero-order valence-electron chi connectivity index (χ0n) is 12.0. The van der Waals surface area contributed by atoms with Gasteiger partial charge in [-0.25, -0.2) is 0 Å². The summed E-state index contributed by atoms with van der Waals surface area (Å²) in [5, 5.41) is 10.1. The fourth-order valence-electron chi connectivity index (χ4n) is 1.78. The van der Waals surface area contributed by atoms with Gasteiger partial charge >= 0.3 is 0 Å². The Labute approximate surface area is 115 Å². The molecule has 0 aromatic heterocycles. The number of benzene rings is 1. The molecule has 0 aliphatic rings. The summed E-state index contributed by atoms with van der Waals surface area (Å²) in [6, 6.07) is 5.54. The molecule has 0 radical (unpaired) electrons. The lowest BCUT2D eigenvalue weighted by Crippen LogP contribution is -2.05. The molecule has 0 saturated heterocycles. The molecule has 19 heavy (non-hydrogen) atoms. The third kappa shape index (κ3) is 5.09. The first-order valence-corrected chi connectivity index (χ1v) is 6.88. The minimum absolute atomic E-state index is 0.540. The van der Waals surface area contributed by atoms with Crippen molar-refractivity contribution in [3.63, 3.8) is 0 Å². The van der Waals surface area contributed by atoms with E-state index in [-0.39, 0.29) is 0 Å². The maximum Gasteiger partial charge on any atom is 0.161 e. The second kappa shape index (κ2) is 8.77. The standard InChI is InChI=1S/C15H24O4/c1-4-17-10-9-13(16)12-7-8-14(18-5-2)15(11-12)19-6-3/h7-8,11,13,16H,4-6,9-10H2,1-3H3. The third-order valence-electron chi connectivity index (χ3n) is 2.69. The number of ether oxygens (including phenoxy) is 3. The molecule has 1 unspecified atom stereocenters.